The minimum absolute atomic E-state index is 0.0917. The Morgan fingerprint density at radius 1 is 1.28 bits per heavy atom. The number of hydrogen-bond donors (Lipinski definition) is 2. The van der Waals surface area contributed by atoms with Crippen molar-refractivity contribution in [2.24, 2.45) is 5.92 Å². The summed E-state index contributed by atoms with van der Waals surface area (Å²) >= 11 is 0. The molecule has 2 amide bonds. The number of carbonyl (C=O) groups is 2. The normalized spacial score (nSPS) is 16.3. The Kier molecular flexibility index (Phi) is 6.54. The molecule has 5 nitrogen and oxygen atoms in total. The third-order valence-corrected chi connectivity index (χ3v) is 3.50. The van der Waals surface area contributed by atoms with Crippen LogP contribution in [0.3, 0.4) is 0 Å². The molecular formula is C13H24N2O3. The Bertz CT molecular complexity index is 275. The van der Waals surface area contributed by atoms with E-state index in [1.807, 2.05) is 0 Å². The molecule has 0 spiro atoms. The van der Waals surface area contributed by atoms with Gasteiger partial charge in [0.2, 0.25) is 0 Å². The summed E-state index contributed by atoms with van der Waals surface area (Å²) in [5, 5.41) is 11.4. The fourth-order valence-corrected chi connectivity index (χ4v) is 2.33. The van der Waals surface area contributed by atoms with Crippen molar-refractivity contribution in [2.45, 2.75) is 44.9 Å². The number of amides is 2. The van der Waals surface area contributed by atoms with Crippen LogP contribution in [-0.4, -0.2) is 42.1 Å². The average molecular weight is 256 g/mol. The van der Waals surface area contributed by atoms with E-state index in [1.165, 1.54) is 32.1 Å². The minimum Gasteiger partial charge on any atom is -0.481 e. The van der Waals surface area contributed by atoms with Crippen LogP contribution in [0.15, 0.2) is 0 Å². The molecule has 1 aliphatic carbocycles. The molecule has 2 N–H and O–H groups in total. The first kappa shape index (κ1) is 14.8. The summed E-state index contributed by atoms with van der Waals surface area (Å²) < 4.78 is 0. The highest BCUT2D eigenvalue weighted by atomic mass is 16.4. The molecule has 5 heteroatoms. The number of nitrogens with zero attached hydrogens (tertiary/aromatic N) is 1. The summed E-state index contributed by atoms with van der Waals surface area (Å²) in [6, 6.07) is -0.0917. The number of carboxylic acid groups (broad SMARTS) is 1. The minimum atomic E-state index is -0.814. The Labute approximate surface area is 109 Å². The van der Waals surface area contributed by atoms with Gasteiger partial charge in [-0.25, -0.2) is 4.79 Å². The average Bonchev–Trinajstić information content (AvgIpc) is 2.36. The number of carbonyl (C=O) groups excluding carboxylic acids is 1. The second-order valence-electron chi connectivity index (χ2n) is 5.11. The maximum Gasteiger partial charge on any atom is 0.317 e. The van der Waals surface area contributed by atoms with Crippen LogP contribution >= 0.6 is 0 Å². The molecule has 0 atom stereocenters. The first-order chi connectivity index (χ1) is 8.59. The van der Waals surface area contributed by atoms with Crippen LogP contribution in [0.4, 0.5) is 4.79 Å². The smallest absolute Gasteiger partial charge is 0.317 e. The Hall–Kier alpha value is -1.26. The van der Waals surface area contributed by atoms with Crippen molar-refractivity contribution in [3.05, 3.63) is 0 Å². The Morgan fingerprint density at radius 3 is 2.56 bits per heavy atom. The van der Waals surface area contributed by atoms with Gasteiger partial charge < -0.3 is 15.3 Å². The molecule has 104 valence electrons. The van der Waals surface area contributed by atoms with Gasteiger partial charge in [0.1, 0.15) is 0 Å². The van der Waals surface area contributed by atoms with Crippen LogP contribution in [0.2, 0.25) is 0 Å². The number of hydrogen-bond acceptors (Lipinski definition) is 2. The molecule has 0 aromatic heterocycles. The number of carboxylic acids is 1. The van der Waals surface area contributed by atoms with Gasteiger partial charge in [0.15, 0.2) is 0 Å². The van der Waals surface area contributed by atoms with Crippen molar-refractivity contribution >= 4 is 12.0 Å². The van der Waals surface area contributed by atoms with Gasteiger partial charge in [-0.2, -0.15) is 0 Å². The quantitative estimate of drug-likeness (QED) is 0.764. The fraction of sp³-hybridized carbons (Fsp3) is 0.846. The van der Waals surface area contributed by atoms with Crippen LogP contribution in [0, 0.1) is 5.92 Å². The van der Waals surface area contributed by atoms with E-state index in [4.69, 9.17) is 5.11 Å². The van der Waals surface area contributed by atoms with Crippen LogP contribution in [-0.2, 0) is 4.79 Å². The Morgan fingerprint density at radius 2 is 1.94 bits per heavy atom. The van der Waals surface area contributed by atoms with Gasteiger partial charge in [0, 0.05) is 26.6 Å². The van der Waals surface area contributed by atoms with Crippen molar-refractivity contribution in [1.29, 1.82) is 0 Å². The second-order valence-corrected chi connectivity index (χ2v) is 5.11. The monoisotopic (exact) mass is 256 g/mol. The molecule has 0 bridgehead atoms. The van der Waals surface area contributed by atoms with Crippen molar-refractivity contribution in [3.63, 3.8) is 0 Å². The first-order valence-electron chi connectivity index (χ1n) is 6.80. The zero-order valence-electron chi connectivity index (χ0n) is 11.2. The summed E-state index contributed by atoms with van der Waals surface area (Å²) in [6.07, 6.45) is 6.90. The summed E-state index contributed by atoms with van der Waals surface area (Å²) in [7, 11) is 1.71. The van der Waals surface area contributed by atoms with Crippen molar-refractivity contribution in [2.75, 3.05) is 20.1 Å². The van der Waals surface area contributed by atoms with Gasteiger partial charge >= 0.3 is 12.0 Å². The molecule has 0 radical (unpaired) electrons. The van der Waals surface area contributed by atoms with Gasteiger partial charge in [0.05, 0.1) is 0 Å². The molecule has 0 heterocycles. The second kappa shape index (κ2) is 7.95. The lowest BCUT2D eigenvalue weighted by atomic mass is 9.89. The molecule has 0 aromatic rings. The molecule has 0 aliphatic heterocycles. The van der Waals surface area contributed by atoms with E-state index in [0.717, 1.165) is 6.54 Å². The maximum absolute atomic E-state index is 11.7. The molecule has 1 rings (SSSR count). The van der Waals surface area contributed by atoms with E-state index in [-0.39, 0.29) is 12.5 Å². The molecule has 0 saturated heterocycles. The van der Waals surface area contributed by atoms with Gasteiger partial charge in [-0.15, -0.1) is 0 Å². The zero-order valence-corrected chi connectivity index (χ0v) is 11.2. The van der Waals surface area contributed by atoms with Crippen LogP contribution in [0.5, 0.6) is 0 Å². The number of nitrogens with one attached hydrogen (secondary N) is 1. The van der Waals surface area contributed by atoms with E-state index < -0.39 is 5.97 Å². The van der Waals surface area contributed by atoms with Gasteiger partial charge in [0.25, 0.3) is 0 Å². The summed E-state index contributed by atoms with van der Waals surface area (Å²) in [5.74, 6) is -0.193. The molecule has 0 unspecified atom stereocenters. The van der Waals surface area contributed by atoms with Gasteiger partial charge in [-0.1, -0.05) is 19.3 Å². The van der Waals surface area contributed by atoms with Crippen molar-refractivity contribution in [1.82, 2.24) is 10.2 Å². The number of rotatable bonds is 6. The lowest BCUT2D eigenvalue weighted by molar-refractivity contribution is -0.137. The number of aliphatic carboxylic acids is 1. The highest BCUT2D eigenvalue weighted by Crippen LogP contribution is 2.22. The maximum atomic E-state index is 11.7. The topological polar surface area (TPSA) is 69.6 Å². The van der Waals surface area contributed by atoms with E-state index in [2.05, 4.69) is 5.32 Å². The van der Waals surface area contributed by atoms with Gasteiger partial charge in [-0.3, -0.25) is 4.79 Å². The summed E-state index contributed by atoms with van der Waals surface area (Å²) in [6.45, 7) is 1.24. The first-order valence-corrected chi connectivity index (χ1v) is 6.80. The van der Waals surface area contributed by atoms with Crippen LogP contribution in [0.1, 0.15) is 44.9 Å². The molecule has 18 heavy (non-hydrogen) atoms. The molecule has 1 aliphatic rings. The fourth-order valence-electron chi connectivity index (χ4n) is 2.33. The Balaban J connectivity index is 2.12. The van der Waals surface area contributed by atoms with Gasteiger partial charge in [-0.05, 0) is 25.2 Å². The van der Waals surface area contributed by atoms with Crippen molar-refractivity contribution in [3.8, 4) is 0 Å². The predicted molar refractivity (Wildman–Crippen MR) is 69.5 cm³/mol. The lowest BCUT2D eigenvalue weighted by Crippen LogP contribution is -2.40. The van der Waals surface area contributed by atoms with E-state index >= 15 is 0 Å². The third kappa shape index (κ3) is 5.89. The summed E-state index contributed by atoms with van der Waals surface area (Å²) in [4.78, 5) is 23.7. The highest BCUT2D eigenvalue weighted by molar-refractivity contribution is 5.73. The SMILES string of the molecule is CN(CCCC(=O)O)C(=O)NCC1CCCCC1. The summed E-state index contributed by atoms with van der Waals surface area (Å²) in [5.41, 5.74) is 0. The van der Waals surface area contributed by atoms with Crippen LogP contribution < -0.4 is 5.32 Å². The number of urea groups is 1. The van der Waals surface area contributed by atoms with Crippen LogP contribution in [0.25, 0.3) is 0 Å². The standard InChI is InChI=1S/C13H24N2O3/c1-15(9-5-8-12(16)17)13(18)14-10-11-6-3-2-4-7-11/h11H,2-10H2,1H3,(H,14,18)(H,16,17). The highest BCUT2D eigenvalue weighted by Gasteiger charge is 2.15. The van der Waals surface area contributed by atoms with Crippen molar-refractivity contribution < 1.29 is 14.7 Å². The largest absolute Gasteiger partial charge is 0.481 e. The zero-order chi connectivity index (χ0) is 13.4. The third-order valence-electron chi connectivity index (χ3n) is 3.50. The predicted octanol–water partition coefficient (Wildman–Crippen LogP) is 2.07. The lowest BCUT2D eigenvalue weighted by Gasteiger charge is -2.24. The molecular weight excluding hydrogens is 232 g/mol. The van der Waals surface area contributed by atoms with E-state index in [0.29, 0.717) is 18.9 Å². The molecule has 1 saturated carbocycles. The van der Waals surface area contributed by atoms with E-state index in [9.17, 15) is 9.59 Å². The molecule has 1 fully saturated rings. The molecule has 0 aromatic carbocycles. The van der Waals surface area contributed by atoms with E-state index in [1.54, 1.807) is 11.9 Å².